The number of allylic oxidation sites excluding steroid dienone is 1. The Bertz CT molecular complexity index is 353. The van der Waals surface area contributed by atoms with Gasteiger partial charge in [-0.1, -0.05) is 54.0 Å². The van der Waals surface area contributed by atoms with E-state index in [0.717, 1.165) is 24.0 Å². The maximum Gasteiger partial charge on any atom is 0.143 e. The summed E-state index contributed by atoms with van der Waals surface area (Å²) in [5, 5.41) is 0. The monoisotopic (exact) mass is 212 g/mol. The molecule has 0 saturated heterocycles. The van der Waals surface area contributed by atoms with E-state index in [2.05, 4.69) is 12.6 Å². The standard InChI is InChI=1S/C11H10Cl2/c1-8-10-5-3-2-4-9(10)6-7-11(8,12)13/h2-5H,1,6-7H2. The van der Waals surface area contributed by atoms with Gasteiger partial charge in [-0.3, -0.25) is 0 Å². The maximum absolute atomic E-state index is 6.12. The zero-order valence-electron chi connectivity index (χ0n) is 7.19. The van der Waals surface area contributed by atoms with Crippen molar-refractivity contribution < 1.29 is 0 Å². The van der Waals surface area contributed by atoms with Crippen LogP contribution in [-0.4, -0.2) is 4.33 Å². The third-order valence-corrected chi connectivity index (χ3v) is 3.33. The first kappa shape index (κ1) is 9.11. The summed E-state index contributed by atoms with van der Waals surface area (Å²) in [7, 11) is 0. The number of hydrogen-bond acceptors (Lipinski definition) is 0. The van der Waals surface area contributed by atoms with Crippen LogP contribution in [0.2, 0.25) is 0 Å². The molecule has 0 radical (unpaired) electrons. The second-order valence-electron chi connectivity index (χ2n) is 3.34. The minimum atomic E-state index is -0.769. The van der Waals surface area contributed by atoms with Gasteiger partial charge in [0.05, 0.1) is 0 Å². The number of rotatable bonds is 0. The minimum absolute atomic E-state index is 0.756. The van der Waals surface area contributed by atoms with Crippen LogP contribution in [-0.2, 0) is 6.42 Å². The van der Waals surface area contributed by atoms with Crippen LogP contribution in [0.5, 0.6) is 0 Å². The highest BCUT2D eigenvalue weighted by atomic mass is 35.5. The number of hydrogen-bond donors (Lipinski definition) is 0. The second kappa shape index (κ2) is 3.04. The van der Waals surface area contributed by atoms with Gasteiger partial charge < -0.3 is 0 Å². The zero-order valence-corrected chi connectivity index (χ0v) is 8.70. The molecular formula is C11H10Cl2. The van der Waals surface area contributed by atoms with Crippen molar-refractivity contribution in [1.82, 2.24) is 0 Å². The summed E-state index contributed by atoms with van der Waals surface area (Å²) >= 11 is 12.2. The summed E-state index contributed by atoms with van der Waals surface area (Å²) in [6.07, 6.45) is 1.69. The van der Waals surface area contributed by atoms with Crippen molar-refractivity contribution >= 4 is 28.8 Å². The molecule has 2 heteroatoms. The van der Waals surface area contributed by atoms with Crippen LogP contribution in [0.25, 0.3) is 5.57 Å². The summed E-state index contributed by atoms with van der Waals surface area (Å²) < 4.78 is -0.769. The number of halogens is 2. The topological polar surface area (TPSA) is 0 Å². The van der Waals surface area contributed by atoms with Crippen LogP contribution in [0.15, 0.2) is 30.8 Å². The molecule has 1 aliphatic rings. The molecule has 2 rings (SSSR count). The van der Waals surface area contributed by atoms with Crippen LogP contribution in [0.1, 0.15) is 17.5 Å². The fourth-order valence-electron chi connectivity index (χ4n) is 1.67. The van der Waals surface area contributed by atoms with Crippen molar-refractivity contribution in [3.05, 3.63) is 42.0 Å². The van der Waals surface area contributed by atoms with Crippen molar-refractivity contribution in [2.24, 2.45) is 0 Å². The molecule has 68 valence electrons. The van der Waals surface area contributed by atoms with Gasteiger partial charge >= 0.3 is 0 Å². The summed E-state index contributed by atoms with van der Waals surface area (Å²) in [6.45, 7) is 3.94. The molecule has 1 aromatic carbocycles. The van der Waals surface area contributed by atoms with E-state index in [1.807, 2.05) is 18.2 Å². The molecule has 1 aromatic rings. The van der Waals surface area contributed by atoms with Gasteiger partial charge in [-0.25, -0.2) is 0 Å². The first-order chi connectivity index (χ1) is 6.11. The van der Waals surface area contributed by atoms with E-state index in [0.29, 0.717) is 0 Å². The van der Waals surface area contributed by atoms with Crippen molar-refractivity contribution in [3.63, 3.8) is 0 Å². The molecular weight excluding hydrogens is 203 g/mol. The van der Waals surface area contributed by atoms with Crippen LogP contribution >= 0.6 is 23.2 Å². The highest BCUT2D eigenvalue weighted by Crippen LogP contribution is 2.44. The molecule has 0 unspecified atom stereocenters. The average Bonchev–Trinajstić information content (AvgIpc) is 2.13. The quantitative estimate of drug-likeness (QED) is 0.574. The molecule has 0 spiro atoms. The predicted molar refractivity (Wildman–Crippen MR) is 58.2 cm³/mol. The van der Waals surface area contributed by atoms with E-state index in [1.54, 1.807) is 0 Å². The molecule has 0 saturated carbocycles. The molecule has 0 N–H and O–H groups in total. The molecule has 0 bridgehead atoms. The van der Waals surface area contributed by atoms with Crippen molar-refractivity contribution in [1.29, 1.82) is 0 Å². The Morgan fingerprint density at radius 2 is 1.92 bits per heavy atom. The van der Waals surface area contributed by atoms with E-state index in [9.17, 15) is 0 Å². The third-order valence-electron chi connectivity index (χ3n) is 2.49. The Kier molecular flexibility index (Phi) is 2.13. The van der Waals surface area contributed by atoms with E-state index < -0.39 is 4.33 Å². The fraction of sp³-hybridized carbons (Fsp3) is 0.273. The Hall–Kier alpha value is -0.460. The Balaban J connectivity index is 2.52. The average molecular weight is 213 g/mol. The molecule has 0 heterocycles. The summed E-state index contributed by atoms with van der Waals surface area (Å²) in [4.78, 5) is 0. The van der Waals surface area contributed by atoms with Crippen molar-refractivity contribution in [2.75, 3.05) is 0 Å². The van der Waals surface area contributed by atoms with Gasteiger partial charge in [0, 0.05) is 0 Å². The lowest BCUT2D eigenvalue weighted by Gasteiger charge is -2.29. The van der Waals surface area contributed by atoms with Gasteiger partial charge in [-0.15, -0.1) is 0 Å². The normalized spacial score (nSPS) is 19.7. The van der Waals surface area contributed by atoms with E-state index in [-0.39, 0.29) is 0 Å². The second-order valence-corrected chi connectivity index (χ2v) is 4.82. The molecule has 0 aliphatic heterocycles. The smallest absolute Gasteiger partial charge is 0.0963 e. The zero-order chi connectivity index (χ0) is 9.47. The van der Waals surface area contributed by atoms with Gasteiger partial charge in [-0.05, 0) is 29.5 Å². The van der Waals surface area contributed by atoms with Gasteiger partial charge in [0.25, 0.3) is 0 Å². The van der Waals surface area contributed by atoms with Gasteiger partial charge in [0.1, 0.15) is 4.33 Å². The van der Waals surface area contributed by atoms with Gasteiger partial charge in [0.2, 0.25) is 0 Å². The van der Waals surface area contributed by atoms with Gasteiger partial charge in [0.15, 0.2) is 0 Å². The molecule has 0 aromatic heterocycles. The van der Waals surface area contributed by atoms with Crippen LogP contribution in [0.3, 0.4) is 0 Å². The van der Waals surface area contributed by atoms with Crippen LogP contribution < -0.4 is 0 Å². The fourth-order valence-corrected chi connectivity index (χ4v) is 2.06. The van der Waals surface area contributed by atoms with E-state index >= 15 is 0 Å². The highest BCUT2D eigenvalue weighted by molar-refractivity contribution is 6.54. The number of alkyl halides is 2. The van der Waals surface area contributed by atoms with E-state index in [4.69, 9.17) is 23.2 Å². The molecule has 0 atom stereocenters. The van der Waals surface area contributed by atoms with Gasteiger partial charge in [-0.2, -0.15) is 0 Å². The number of aryl methyl sites for hydroxylation is 1. The lowest BCUT2D eigenvalue weighted by molar-refractivity contribution is 0.784. The summed E-state index contributed by atoms with van der Waals surface area (Å²) in [5.74, 6) is 0. The predicted octanol–water partition coefficient (Wildman–Crippen LogP) is 3.82. The lowest BCUT2D eigenvalue weighted by Crippen LogP contribution is -2.21. The lowest BCUT2D eigenvalue weighted by atomic mass is 9.88. The molecule has 0 nitrogen and oxygen atoms in total. The van der Waals surface area contributed by atoms with Crippen molar-refractivity contribution in [2.45, 2.75) is 17.2 Å². The van der Waals surface area contributed by atoms with Crippen LogP contribution in [0, 0.1) is 0 Å². The Morgan fingerprint density at radius 3 is 2.69 bits per heavy atom. The van der Waals surface area contributed by atoms with E-state index in [1.165, 1.54) is 5.56 Å². The van der Waals surface area contributed by atoms with Crippen LogP contribution in [0.4, 0.5) is 0 Å². The third kappa shape index (κ3) is 1.49. The molecule has 0 amide bonds. The number of fused-ring (bicyclic) bond motifs is 1. The number of benzene rings is 1. The first-order valence-corrected chi connectivity index (χ1v) is 5.02. The van der Waals surface area contributed by atoms with Crippen molar-refractivity contribution in [3.8, 4) is 0 Å². The molecule has 1 aliphatic carbocycles. The molecule has 0 fully saturated rings. The summed E-state index contributed by atoms with van der Waals surface area (Å²) in [5.41, 5.74) is 3.24. The Labute approximate surface area is 88.2 Å². The largest absolute Gasteiger partial charge is 0.143 e. The highest BCUT2D eigenvalue weighted by Gasteiger charge is 2.33. The maximum atomic E-state index is 6.12. The Morgan fingerprint density at radius 1 is 1.23 bits per heavy atom. The molecule has 13 heavy (non-hydrogen) atoms. The SMILES string of the molecule is C=C1c2ccccc2CCC1(Cl)Cl. The first-order valence-electron chi connectivity index (χ1n) is 4.27. The summed E-state index contributed by atoms with van der Waals surface area (Å²) in [6, 6.07) is 8.14. The minimum Gasteiger partial charge on any atom is -0.0963 e.